The molecule has 0 unspecified atom stereocenters. The van der Waals surface area contributed by atoms with Crippen LogP contribution in [0.15, 0.2) is 41.3 Å². The first-order valence-corrected chi connectivity index (χ1v) is 4.69. The SMILES string of the molecule is C=C/C(C)=C(\N=C)OCC(=C)C.CC. The van der Waals surface area contributed by atoms with Crippen molar-refractivity contribution in [1.29, 1.82) is 0 Å². The lowest BCUT2D eigenvalue weighted by molar-refractivity contribution is 0.235. The van der Waals surface area contributed by atoms with Crippen LogP contribution in [0.4, 0.5) is 0 Å². The van der Waals surface area contributed by atoms with Crippen molar-refractivity contribution in [2.75, 3.05) is 6.61 Å². The van der Waals surface area contributed by atoms with Crippen LogP contribution >= 0.6 is 0 Å². The van der Waals surface area contributed by atoms with E-state index in [1.165, 1.54) is 0 Å². The Bertz CT molecular complexity index is 226. The first kappa shape index (κ1) is 15.2. The molecule has 0 aliphatic heterocycles. The third-order valence-electron chi connectivity index (χ3n) is 1.24. The summed E-state index contributed by atoms with van der Waals surface area (Å²) in [7, 11) is 0. The summed E-state index contributed by atoms with van der Waals surface area (Å²) in [6.07, 6.45) is 1.68. The minimum Gasteiger partial charge on any atom is -0.473 e. The Morgan fingerprint density at radius 2 is 1.86 bits per heavy atom. The molecule has 0 aromatic heterocycles. The number of hydrogen-bond acceptors (Lipinski definition) is 2. The summed E-state index contributed by atoms with van der Waals surface area (Å²) in [5.74, 6) is 0.521. The van der Waals surface area contributed by atoms with E-state index < -0.39 is 0 Å². The Kier molecular flexibility index (Phi) is 10.6. The van der Waals surface area contributed by atoms with E-state index in [0.717, 1.165) is 11.1 Å². The van der Waals surface area contributed by atoms with Gasteiger partial charge in [-0.05, 0) is 26.1 Å². The summed E-state index contributed by atoms with van der Waals surface area (Å²) in [6, 6.07) is 0. The van der Waals surface area contributed by atoms with Gasteiger partial charge in [-0.25, -0.2) is 4.99 Å². The van der Waals surface area contributed by atoms with Gasteiger partial charge >= 0.3 is 0 Å². The largest absolute Gasteiger partial charge is 0.473 e. The van der Waals surface area contributed by atoms with Crippen LogP contribution in [-0.4, -0.2) is 13.3 Å². The minimum absolute atomic E-state index is 0.472. The van der Waals surface area contributed by atoms with Gasteiger partial charge in [-0.2, -0.15) is 0 Å². The molecule has 80 valence electrons. The molecule has 0 saturated carbocycles. The average Bonchev–Trinajstić information content (AvgIpc) is 2.21. The van der Waals surface area contributed by atoms with E-state index in [2.05, 4.69) is 24.9 Å². The molecule has 2 nitrogen and oxygen atoms in total. The van der Waals surface area contributed by atoms with Crippen molar-refractivity contribution in [2.45, 2.75) is 27.7 Å². The molecule has 0 heterocycles. The second-order valence-electron chi connectivity index (χ2n) is 2.60. The molecule has 0 aliphatic rings. The molecule has 0 aliphatic carbocycles. The van der Waals surface area contributed by atoms with Crippen LogP contribution < -0.4 is 0 Å². The first-order valence-electron chi connectivity index (χ1n) is 4.69. The molecule has 2 heteroatoms. The fourth-order valence-electron chi connectivity index (χ4n) is 0.563. The maximum Gasteiger partial charge on any atom is 0.215 e. The van der Waals surface area contributed by atoms with Crippen molar-refractivity contribution in [3.63, 3.8) is 0 Å². The van der Waals surface area contributed by atoms with Crippen LogP contribution in [0.1, 0.15) is 27.7 Å². The van der Waals surface area contributed by atoms with E-state index >= 15 is 0 Å². The molecular weight excluding hydrogens is 174 g/mol. The van der Waals surface area contributed by atoms with Crippen LogP contribution in [0.25, 0.3) is 0 Å². The predicted octanol–water partition coefficient (Wildman–Crippen LogP) is 3.72. The smallest absolute Gasteiger partial charge is 0.215 e. The van der Waals surface area contributed by atoms with Crippen LogP contribution in [0, 0.1) is 0 Å². The highest BCUT2D eigenvalue weighted by Gasteiger charge is 1.97. The lowest BCUT2D eigenvalue weighted by Gasteiger charge is -2.06. The maximum absolute atomic E-state index is 5.29. The summed E-state index contributed by atoms with van der Waals surface area (Å²) >= 11 is 0. The molecular formula is C12H21NO. The molecule has 0 N–H and O–H groups in total. The molecule has 0 aromatic rings. The number of aliphatic imine (C=N–C) groups is 1. The zero-order valence-electron chi connectivity index (χ0n) is 9.76. The second kappa shape index (κ2) is 9.78. The monoisotopic (exact) mass is 195 g/mol. The molecule has 0 radical (unpaired) electrons. The van der Waals surface area contributed by atoms with Crippen LogP contribution in [0.2, 0.25) is 0 Å². The second-order valence-corrected chi connectivity index (χ2v) is 2.60. The fourth-order valence-corrected chi connectivity index (χ4v) is 0.563. The third kappa shape index (κ3) is 7.35. The highest BCUT2D eigenvalue weighted by Crippen LogP contribution is 2.08. The van der Waals surface area contributed by atoms with Gasteiger partial charge in [0.15, 0.2) is 0 Å². The number of rotatable bonds is 5. The Morgan fingerprint density at radius 3 is 2.14 bits per heavy atom. The number of allylic oxidation sites excluding steroid dienone is 2. The Labute approximate surface area is 87.7 Å². The van der Waals surface area contributed by atoms with E-state index in [9.17, 15) is 0 Å². The van der Waals surface area contributed by atoms with Crippen molar-refractivity contribution in [3.05, 3.63) is 36.3 Å². The van der Waals surface area contributed by atoms with Crippen LogP contribution in [0.3, 0.4) is 0 Å². The van der Waals surface area contributed by atoms with Gasteiger partial charge in [-0.1, -0.05) is 33.1 Å². The lowest BCUT2D eigenvalue weighted by atomic mass is 10.3. The topological polar surface area (TPSA) is 21.6 Å². The minimum atomic E-state index is 0.472. The predicted molar refractivity (Wildman–Crippen MR) is 64.6 cm³/mol. The maximum atomic E-state index is 5.29. The van der Waals surface area contributed by atoms with Crippen LogP contribution in [0.5, 0.6) is 0 Å². The normalized spacial score (nSPS) is 10.3. The number of ether oxygens (including phenoxy) is 1. The molecule has 0 aromatic carbocycles. The van der Waals surface area contributed by atoms with E-state index in [0.29, 0.717) is 12.5 Å². The van der Waals surface area contributed by atoms with Crippen molar-refractivity contribution >= 4 is 6.72 Å². The molecule has 14 heavy (non-hydrogen) atoms. The summed E-state index contributed by atoms with van der Waals surface area (Å²) in [6.45, 7) is 19.0. The van der Waals surface area contributed by atoms with Gasteiger partial charge in [0, 0.05) is 5.57 Å². The molecule has 0 atom stereocenters. The van der Waals surface area contributed by atoms with Crippen LogP contribution in [-0.2, 0) is 4.74 Å². The van der Waals surface area contributed by atoms with E-state index in [4.69, 9.17) is 4.74 Å². The van der Waals surface area contributed by atoms with Crippen molar-refractivity contribution in [3.8, 4) is 0 Å². The van der Waals surface area contributed by atoms with Gasteiger partial charge in [0.05, 0.1) is 0 Å². The van der Waals surface area contributed by atoms with Gasteiger partial charge in [-0.15, -0.1) is 0 Å². The van der Waals surface area contributed by atoms with Crippen molar-refractivity contribution in [1.82, 2.24) is 0 Å². The first-order chi connectivity index (χ1) is 6.61. The summed E-state index contributed by atoms with van der Waals surface area (Å²) in [5, 5.41) is 0. The van der Waals surface area contributed by atoms with Crippen molar-refractivity contribution < 1.29 is 4.74 Å². The van der Waals surface area contributed by atoms with Gasteiger partial charge in [0.1, 0.15) is 6.61 Å². The number of hydrogen-bond donors (Lipinski definition) is 0. The average molecular weight is 195 g/mol. The van der Waals surface area contributed by atoms with E-state index in [-0.39, 0.29) is 0 Å². The molecule has 0 amide bonds. The Hall–Kier alpha value is -1.31. The quantitative estimate of drug-likeness (QED) is 0.283. The molecule has 0 bridgehead atoms. The van der Waals surface area contributed by atoms with E-state index in [1.807, 2.05) is 27.7 Å². The highest BCUT2D eigenvalue weighted by atomic mass is 16.5. The summed E-state index contributed by atoms with van der Waals surface area (Å²) < 4.78 is 5.29. The van der Waals surface area contributed by atoms with Gasteiger partial charge in [0.2, 0.25) is 5.88 Å². The molecule has 0 fully saturated rings. The van der Waals surface area contributed by atoms with E-state index in [1.54, 1.807) is 6.08 Å². The van der Waals surface area contributed by atoms with Gasteiger partial charge in [0.25, 0.3) is 0 Å². The van der Waals surface area contributed by atoms with Gasteiger partial charge in [-0.3, -0.25) is 0 Å². The third-order valence-corrected chi connectivity index (χ3v) is 1.24. The lowest BCUT2D eigenvalue weighted by Crippen LogP contribution is -1.95. The highest BCUT2D eigenvalue weighted by molar-refractivity contribution is 5.30. The Balaban J connectivity index is 0. The summed E-state index contributed by atoms with van der Waals surface area (Å²) in [5.41, 5.74) is 1.83. The molecule has 0 rings (SSSR count). The fraction of sp³-hybridized carbons (Fsp3) is 0.417. The zero-order valence-corrected chi connectivity index (χ0v) is 9.76. The van der Waals surface area contributed by atoms with Crippen molar-refractivity contribution in [2.24, 2.45) is 4.99 Å². The standard InChI is InChI=1S/C10H15NO.C2H6/c1-6-9(4)10(11-5)12-7-8(2)3;1-2/h6H,1-2,5,7H2,3-4H3;1-2H3/b10-9+;. The summed E-state index contributed by atoms with van der Waals surface area (Å²) in [4.78, 5) is 3.73. The number of nitrogens with zero attached hydrogens (tertiary/aromatic N) is 1. The Morgan fingerprint density at radius 1 is 1.36 bits per heavy atom. The molecule has 0 saturated heterocycles. The zero-order chi connectivity index (χ0) is 11.6. The molecule has 0 spiro atoms. The van der Waals surface area contributed by atoms with Gasteiger partial charge < -0.3 is 4.74 Å².